The van der Waals surface area contributed by atoms with Crippen LogP contribution in [0.2, 0.25) is 5.02 Å². The van der Waals surface area contributed by atoms with Crippen molar-refractivity contribution in [2.45, 2.75) is 61.5 Å². The van der Waals surface area contributed by atoms with Crippen molar-refractivity contribution in [3.63, 3.8) is 0 Å². The zero-order valence-corrected chi connectivity index (χ0v) is 17.1. The van der Waals surface area contributed by atoms with Gasteiger partial charge in [0.25, 0.3) is 0 Å². The fourth-order valence-corrected chi connectivity index (χ4v) is 5.27. The van der Waals surface area contributed by atoms with E-state index in [0.717, 1.165) is 29.4 Å². The van der Waals surface area contributed by atoms with Gasteiger partial charge in [0, 0.05) is 18.1 Å². The number of carbonyl (C=O) groups excluding carboxylic acids is 1. The molecule has 2 aromatic rings. The van der Waals surface area contributed by atoms with E-state index < -0.39 is 0 Å². The second kappa shape index (κ2) is 7.72. The van der Waals surface area contributed by atoms with Gasteiger partial charge in [0.1, 0.15) is 11.1 Å². The van der Waals surface area contributed by atoms with E-state index in [2.05, 4.69) is 15.6 Å². The Kier molecular flexibility index (Phi) is 5.32. The highest BCUT2D eigenvalue weighted by Gasteiger charge is 2.40. The number of thioether (sulfide) groups is 1. The van der Waals surface area contributed by atoms with Crippen molar-refractivity contribution in [3.05, 3.63) is 40.7 Å². The van der Waals surface area contributed by atoms with Crippen LogP contribution >= 0.6 is 23.4 Å². The van der Waals surface area contributed by atoms with Crippen LogP contribution in [0.1, 0.15) is 49.5 Å². The number of benzene rings is 1. The molecule has 4 rings (SSSR count). The summed E-state index contributed by atoms with van der Waals surface area (Å²) in [5.41, 5.74) is 4.48. The molecule has 2 atom stereocenters. The first-order valence-corrected chi connectivity index (χ1v) is 10.7. The molecular formula is C19H24ClN5OS. The molecule has 1 aromatic carbocycles. The van der Waals surface area contributed by atoms with Gasteiger partial charge in [-0.3, -0.25) is 4.79 Å². The Hall–Kier alpha value is -1.73. The van der Waals surface area contributed by atoms with Gasteiger partial charge >= 0.3 is 0 Å². The lowest BCUT2D eigenvalue weighted by molar-refractivity contribution is -0.132. The highest BCUT2D eigenvalue weighted by atomic mass is 35.5. The Morgan fingerprint density at radius 2 is 1.93 bits per heavy atom. The Morgan fingerprint density at radius 1 is 1.22 bits per heavy atom. The number of rotatable bonds is 3. The van der Waals surface area contributed by atoms with Crippen LogP contribution in [0.4, 0.5) is 0 Å². The van der Waals surface area contributed by atoms with Crippen molar-refractivity contribution in [2.24, 2.45) is 0 Å². The molecule has 0 spiro atoms. The first-order chi connectivity index (χ1) is 13.0. The molecule has 144 valence electrons. The molecule has 1 aromatic heterocycles. The first kappa shape index (κ1) is 18.6. The topological polar surface area (TPSA) is 63.1 Å². The van der Waals surface area contributed by atoms with E-state index in [1.54, 1.807) is 0 Å². The minimum atomic E-state index is -0.297. The molecule has 1 saturated carbocycles. The van der Waals surface area contributed by atoms with E-state index in [9.17, 15) is 4.79 Å². The number of hydrogen-bond donors (Lipinski definition) is 1. The number of hydrogen-bond acceptors (Lipinski definition) is 5. The van der Waals surface area contributed by atoms with Gasteiger partial charge in [0.2, 0.25) is 11.1 Å². The van der Waals surface area contributed by atoms with Gasteiger partial charge in [0.15, 0.2) is 0 Å². The molecule has 1 aliphatic heterocycles. The third-order valence-corrected chi connectivity index (χ3v) is 7.00. The molecule has 2 aliphatic rings. The summed E-state index contributed by atoms with van der Waals surface area (Å²) >= 11 is 7.55. The molecule has 6 nitrogen and oxygen atoms in total. The molecule has 1 fully saturated rings. The molecule has 1 N–H and O–H groups in total. The maximum absolute atomic E-state index is 13.4. The number of aryl methyl sites for hydroxylation is 1. The van der Waals surface area contributed by atoms with Crippen LogP contribution in [0.3, 0.4) is 0 Å². The highest BCUT2D eigenvalue weighted by molar-refractivity contribution is 8.00. The Morgan fingerprint density at radius 3 is 2.63 bits per heavy atom. The molecule has 0 radical (unpaired) electrons. The summed E-state index contributed by atoms with van der Waals surface area (Å²) in [5.74, 6) is 0.925. The summed E-state index contributed by atoms with van der Waals surface area (Å²) < 4.78 is 1.87. The second-order valence-corrected chi connectivity index (χ2v) is 8.85. The van der Waals surface area contributed by atoms with Crippen LogP contribution in [0.25, 0.3) is 0 Å². The molecule has 27 heavy (non-hydrogen) atoms. The molecule has 0 bridgehead atoms. The molecule has 1 amide bonds. The lowest BCUT2D eigenvalue weighted by Crippen LogP contribution is -2.48. The van der Waals surface area contributed by atoms with Crippen molar-refractivity contribution in [3.8, 4) is 0 Å². The van der Waals surface area contributed by atoms with Gasteiger partial charge in [-0.25, -0.2) is 4.68 Å². The van der Waals surface area contributed by atoms with Gasteiger partial charge in [0.05, 0.1) is 6.04 Å². The van der Waals surface area contributed by atoms with Crippen molar-refractivity contribution < 1.29 is 4.79 Å². The fraction of sp³-hybridized carbons (Fsp3) is 0.526. The summed E-state index contributed by atoms with van der Waals surface area (Å²) in [6.45, 7) is 1.90. The molecule has 2 heterocycles. The third kappa shape index (κ3) is 3.67. The summed E-state index contributed by atoms with van der Waals surface area (Å²) in [6.07, 6.45) is 5.86. The zero-order chi connectivity index (χ0) is 19.0. The Bertz CT molecular complexity index is 818. The summed E-state index contributed by atoms with van der Waals surface area (Å²) in [5, 5.41) is 9.50. The van der Waals surface area contributed by atoms with Gasteiger partial charge in [-0.05, 0) is 37.5 Å². The minimum absolute atomic E-state index is 0.145. The van der Waals surface area contributed by atoms with Crippen LogP contribution in [0.5, 0.6) is 0 Å². The number of amides is 1. The number of halogens is 1. The van der Waals surface area contributed by atoms with Crippen LogP contribution in [0, 0.1) is 6.92 Å². The highest BCUT2D eigenvalue weighted by Crippen LogP contribution is 2.38. The Labute approximate surface area is 168 Å². The fourth-order valence-electron chi connectivity index (χ4n) is 3.92. The number of nitrogens with zero attached hydrogens (tertiary/aromatic N) is 4. The molecule has 0 saturated heterocycles. The zero-order valence-electron chi connectivity index (χ0n) is 15.6. The normalized spacial score (nSPS) is 22.8. The van der Waals surface area contributed by atoms with E-state index in [4.69, 9.17) is 11.6 Å². The van der Waals surface area contributed by atoms with Crippen LogP contribution in [0.15, 0.2) is 29.4 Å². The quantitative estimate of drug-likeness (QED) is 0.841. The van der Waals surface area contributed by atoms with Gasteiger partial charge in [-0.2, -0.15) is 0 Å². The SMILES string of the molecule is Cc1nnc2n1N[C@@H](c1ccc(Cl)cc1)[C@@H](C(=O)N(C)C1CCCCC1)S2. The summed E-state index contributed by atoms with van der Waals surface area (Å²) in [6, 6.07) is 7.85. The van der Waals surface area contributed by atoms with E-state index in [-0.39, 0.29) is 17.2 Å². The third-order valence-electron chi connectivity index (χ3n) is 5.54. The largest absolute Gasteiger partial charge is 0.342 e. The predicted octanol–water partition coefficient (Wildman–Crippen LogP) is 3.79. The van der Waals surface area contributed by atoms with Crippen molar-refractivity contribution >= 4 is 29.3 Å². The minimum Gasteiger partial charge on any atom is -0.342 e. The van der Waals surface area contributed by atoms with Crippen molar-refractivity contribution in [1.29, 1.82) is 0 Å². The van der Waals surface area contributed by atoms with Crippen LogP contribution < -0.4 is 5.43 Å². The van der Waals surface area contributed by atoms with Crippen LogP contribution in [-0.4, -0.2) is 44.0 Å². The number of aromatic nitrogens is 3. The molecule has 8 heteroatoms. The van der Waals surface area contributed by atoms with E-state index >= 15 is 0 Å². The molecule has 1 aliphatic carbocycles. The van der Waals surface area contributed by atoms with Gasteiger partial charge < -0.3 is 10.3 Å². The number of nitrogens with one attached hydrogen (secondary N) is 1. The lowest BCUT2D eigenvalue weighted by Gasteiger charge is -2.38. The number of fused-ring (bicyclic) bond motifs is 1. The van der Waals surface area contributed by atoms with E-state index in [0.29, 0.717) is 11.1 Å². The lowest BCUT2D eigenvalue weighted by atomic mass is 9.94. The summed E-state index contributed by atoms with van der Waals surface area (Å²) in [7, 11) is 1.95. The average Bonchev–Trinajstić information content (AvgIpc) is 3.07. The standard InChI is InChI=1S/C19H24ClN5OS/c1-12-21-22-19-25(12)23-16(13-8-10-14(20)11-9-13)17(27-19)18(26)24(2)15-6-4-3-5-7-15/h8-11,15-17,23H,3-7H2,1-2H3/t16-,17-/m0/s1. The number of carbonyl (C=O) groups is 1. The molecular weight excluding hydrogens is 382 g/mol. The van der Waals surface area contributed by atoms with Crippen LogP contribution in [-0.2, 0) is 4.79 Å². The van der Waals surface area contributed by atoms with Gasteiger partial charge in [-0.1, -0.05) is 54.8 Å². The summed E-state index contributed by atoms with van der Waals surface area (Å²) in [4.78, 5) is 15.4. The maximum atomic E-state index is 13.4. The van der Waals surface area contributed by atoms with Gasteiger partial charge in [-0.15, -0.1) is 10.2 Å². The first-order valence-electron chi connectivity index (χ1n) is 9.42. The average molecular weight is 406 g/mol. The van der Waals surface area contributed by atoms with E-state index in [1.165, 1.54) is 31.0 Å². The second-order valence-electron chi connectivity index (χ2n) is 7.30. The van der Waals surface area contributed by atoms with Crippen molar-refractivity contribution in [1.82, 2.24) is 19.8 Å². The Balaban J connectivity index is 1.64. The predicted molar refractivity (Wildman–Crippen MR) is 108 cm³/mol. The maximum Gasteiger partial charge on any atom is 0.238 e. The molecule has 0 unspecified atom stereocenters. The smallest absolute Gasteiger partial charge is 0.238 e. The van der Waals surface area contributed by atoms with Crippen molar-refractivity contribution in [2.75, 3.05) is 12.5 Å². The monoisotopic (exact) mass is 405 g/mol. The van der Waals surface area contributed by atoms with E-state index in [1.807, 2.05) is 47.8 Å².